The number of aromatic nitrogens is 2. The number of hydrogen-bond donors (Lipinski definition) is 0. The molecule has 1 aromatic heterocycles. The SMILES string of the molecule is c1ccc(-c2nc3ccccc3nc2-c2ccc(-c3ccc(N(c4ccccc4)c4ccc(N(c5ccccc5)c5ccccc5)cc4)cc3)cc2)cc1. The van der Waals surface area contributed by atoms with Gasteiger partial charge in [0.25, 0.3) is 0 Å². The van der Waals surface area contributed by atoms with Gasteiger partial charge in [-0.25, -0.2) is 9.97 Å². The molecular weight excluding hydrogens is 657 g/mol. The number of rotatable bonds is 9. The number of anilines is 6. The number of para-hydroxylation sites is 5. The molecule has 0 amide bonds. The number of fused-ring (bicyclic) bond motifs is 1. The van der Waals surface area contributed by atoms with Crippen molar-refractivity contribution in [3.63, 3.8) is 0 Å². The van der Waals surface area contributed by atoms with Crippen LogP contribution in [0.2, 0.25) is 0 Å². The molecule has 4 heteroatoms. The van der Waals surface area contributed by atoms with Gasteiger partial charge in [0, 0.05) is 45.3 Å². The highest BCUT2D eigenvalue weighted by molar-refractivity contribution is 5.87. The molecule has 0 saturated carbocycles. The van der Waals surface area contributed by atoms with E-state index in [9.17, 15) is 0 Å². The fourth-order valence-electron chi connectivity index (χ4n) is 7.00. The van der Waals surface area contributed by atoms with Crippen LogP contribution in [0.1, 0.15) is 0 Å². The summed E-state index contributed by atoms with van der Waals surface area (Å²) in [5.74, 6) is 0. The van der Waals surface area contributed by atoms with Gasteiger partial charge in [-0.05, 0) is 96.1 Å². The molecule has 0 aliphatic carbocycles. The van der Waals surface area contributed by atoms with Crippen LogP contribution in [0.15, 0.2) is 218 Å². The van der Waals surface area contributed by atoms with Crippen LogP contribution in [-0.4, -0.2) is 9.97 Å². The van der Waals surface area contributed by atoms with Gasteiger partial charge in [0.05, 0.1) is 22.4 Å². The zero-order valence-corrected chi connectivity index (χ0v) is 29.6. The summed E-state index contributed by atoms with van der Waals surface area (Å²) >= 11 is 0. The largest absolute Gasteiger partial charge is 0.311 e. The van der Waals surface area contributed by atoms with Gasteiger partial charge >= 0.3 is 0 Å². The molecule has 0 unspecified atom stereocenters. The lowest BCUT2D eigenvalue weighted by atomic mass is 9.99. The van der Waals surface area contributed by atoms with Gasteiger partial charge in [-0.3, -0.25) is 0 Å². The first-order valence-corrected chi connectivity index (χ1v) is 18.2. The Hall–Kier alpha value is -7.30. The van der Waals surface area contributed by atoms with Crippen LogP contribution >= 0.6 is 0 Å². The first kappa shape index (κ1) is 32.6. The zero-order chi connectivity index (χ0) is 36.1. The van der Waals surface area contributed by atoms with Crippen LogP contribution in [0, 0.1) is 0 Å². The van der Waals surface area contributed by atoms with E-state index in [-0.39, 0.29) is 0 Å². The minimum atomic E-state index is 0.877. The highest BCUT2D eigenvalue weighted by atomic mass is 15.2. The molecule has 4 nitrogen and oxygen atoms in total. The van der Waals surface area contributed by atoms with Gasteiger partial charge in [-0.15, -0.1) is 0 Å². The van der Waals surface area contributed by atoms with Crippen molar-refractivity contribution in [1.29, 1.82) is 0 Å². The van der Waals surface area contributed by atoms with Gasteiger partial charge in [-0.1, -0.05) is 133 Å². The summed E-state index contributed by atoms with van der Waals surface area (Å²) in [7, 11) is 0. The lowest BCUT2D eigenvalue weighted by Gasteiger charge is -2.28. The van der Waals surface area contributed by atoms with Crippen molar-refractivity contribution in [3.05, 3.63) is 218 Å². The van der Waals surface area contributed by atoms with Crippen LogP contribution in [0.3, 0.4) is 0 Å². The molecular formula is C50H36N4. The van der Waals surface area contributed by atoms with Crippen LogP contribution in [0.4, 0.5) is 34.1 Å². The van der Waals surface area contributed by atoms with E-state index in [1.807, 2.05) is 42.5 Å². The molecule has 0 aliphatic heterocycles. The van der Waals surface area contributed by atoms with E-state index in [1.165, 1.54) is 0 Å². The van der Waals surface area contributed by atoms with Crippen LogP contribution < -0.4 is 9.80 Å². The summed E-state index contributed by atoms with van der Waals surface area (Å²) in [5, 5.41) is 0. The average molecular weight is 693 g/mol. The first-order valence-electron chi connectivity index (χ1n) is 18.2. The highest BCUT2D eigenvalue weighted by Crippen LogP contribution is 2.40. The maximum absolute atomic E-state index is 5.09. The molecule has 0 fully saturated rings. The smallest absolute Gasteiger partial charge is 0.0973 e. The lowest BCUT2D eigenvalue weighted by Crippen LogP contribution is -2.12. The zero-order valence-electron chi connectivity index (χ0n) is 29.6. The summed E-state index contributed by atoms with van der Waals surface area (Å²) in [4.78, 5) is 14.7. The number of benzene rings is 8. The van der Waals surface area contributed by atoms with Crippen LogP contribution in [0.25, 0.3) is 44.7 Å². The van der Waals surface area contributed by atoms with Gasteiger partial charge in [-0.2, -0.15) is 0 Å². The van der Waals surface area contributed by atoms with Crippen LogP contribution in [0.5, 0.6) is 0 Å². The quantitative estimate of drug-likeness (QED) is 0.151. The Kier molecular flexibility index (Phi) is 8.90. The van der Waals surface area contributed by atoms with Crippen molar-refractivity contribution in [2.24, 2.45) is 0 Å². The molecule has 1 heterocycles. The van der Waals surface area contributed by atoms with E-state index in [0.29, 0.717) is 0 Å². The molecule has 8 aromatic carbocycles. The Labute approximate surface area is 315 Å². The number of nitrogens with zero attached hydrogens (tertiary/aromatic N) is 4. The van der Waals surface area contributed by atoms with Crippen molar-refractivity contribution in [2.75, 3.05) is 9.80 Å². The summed E-state index contributed by atoms with van der Waals surface area (Å²) in [5.41, 5.74) is 14.5. The third-order valence-electron chi connectivity index (χ3n) is 9.64. The van der Waals surface area contributed by atoms with Crippen molar-refractivity contribution < 1.29 is 0 Å². The first-order chi connectivity index (χ1) is 26.8. The average Bonchev–Trinajstić information content (AvgIpc) is 3.26. The summed E-state index contributed by atoms with van der Waals surface area (Å²) in [6.07, 6.45) is 0. The van der Waals surface area contributed by atoms with Gasteiger partial charge in [0.1, 0.15) is 0 Å². The van der Waals surface area contributed by atoms with Crippen molar-refractivity contribution in [2.45, 2.75) is 0 Å². The highest BCUT2D eigenvalue weighted by Gasteiger charge is 2.17. The maximum atomic E-state index is 5.09. The van der Waals surface area contributed by atoms with Crippen molar-refractivity contribution in [3.8, 4) is 33.6 Å². The normalized spacial score (nSPS) is 11.0. The fraction of sp³-hybridized carbons (Fsp3) is 0. The van der Waals surface area contributed by atoms with Crippen LogP contribution in [-0.2, 0) is 0 Å². The minimum absolute atomic E-state index is 0.877. The molecule has 0 saturated heterocycles. The summed E-state index contributed by atoms with van der Waals surface area (Å²) in [6.45, 7) is 0. The molecule has 256 valence electrons. The maximum Gasteiger partial charge on any atom is 0.0973 e. The minimum Gasteiger partial charge on any atom is -0.311 e. The summed E-state index contributed by atoms with van der Waals surface area (Å²) < 4.78 is 0. The van der Waals surface area contributed by atoms with E-state index in [4.69, 9.17) is 9.97 Å². The second-order valence-corrected chi connectivity index (χ2v) is 13.1. The van der Waals surface area contributed by atoms with E-state index < -0.39 is 0 Å². The Balaban J connectivity index is 1.03. The van der Waals surface area contributed by atoms with E-state index >= 15 is 0 Å². The topological polar surface area (TPSA) is 32.3 Å². The monoisotopic (exact) mass is 692 g/mol. The standard InChI is InChI=1S/C50H36N4/c1-5-15-39(16-6-1)49-50(52-48-24-14-13-23-47(48)51-49)40-27-25-37(26-28-40)38-29-31-44(32-30-38)54(43-21-11-4-12-22-43)46-35-33-45(34-36-46)53(41-17-7-2-8-18-41)42-19-9-3-10-20-42/h1-36H. The molecule has 9 aromatic rings. The van der Waals surface area contributed by atoms with E-state index in [0.717, 1.165) is 78.8 Å². The molecule has 9 rings (SSSR count). The Morgan fingerprint density at radius 3 is 0.870 bits per heavy atom. The van der Waals surface area contributed by atoms with Gasteiger partial charge < -0.3 is 9.80 Å². The molecule has 0 bridgehead atoms. The van der Waals surface area contributed by atoms with Gasteiger partial charge in [0.2, 0.25) is 0 Å². The third kappa shape index (κ3) is 6.60. The molecule has 0 aliphatic rings. The lowest BCUT2D eigenvalue weighted by molar-refractivity contribution is 1.26. The Morgan fingerprint density at radius 2 is 0.481 bits per heavy atom. The third-order valence-corrected chi connectivity index (χ3v) is 9.64. The molecule has 0 N–H and O–H groups in total. The predicted molar refractivity (Wildman–Crippen MR) is 225 cm³/mol. The fourth-order valence-corrected chi connectivity index (χ4v) is 7.00. The van der Waals surface area contributed by atoms with Crippen molar-refractivity contribution >= 4 is 45.2 Å². The second kappa shape index (κ2) is 14.7. The number of hydrogen-bond acceptors (Lipinski definition) is 4. The predicted octanol–water partition coefficient (Wildman–Crippen LogP) is 13.6. The van der Waals surface area contributed by atoms with Crippen molar-refractivity contribution in [1.82, 2.24) is 9.97 Å². The molecule has 0 radical (unpaired) electrons. The second-order valence-electron chi connectivity index (χ2n) is 13.1. The Morgan fingerprint density at radius 1 is 0.222 bits per heavy atom. The van der Waals surface area contributed by atoms with E-state index in [1.54, 1.807) is 0 Å². The Bertz CT molecular complexity index is 2570. The van der Waals surface area contributed by atoms with Gasteiger partial charge in [0.15, 0.2) is 0 Å². The molecule has 0 atom stereocenters. The molecule has 0 spiro atoms. The molecule has 54 heavy (non-hydrogen) atoms. The van der Waals surface area contributed by atoms with E-state index in [2.05, 4.69) is 186 Å². The summed E-state index contributed by atoms with van der Waals surface area (Å²) in [6, 6.07) is 76.2.